The molecular weight excluding hydrogens is 330 g/mol. The van der Waals surface area contributed by atoms with Crippen molar-refractivity contribution in [2.75, 3.05) is 46.4 Å². The number of halogens is 2. The van der Waals surface area contributed by atoms with Gasteiger partial charge in [0.15, 0.2) is 5.82 Å². The van der Waals surface area contributed by atoms with Crippen molar-refractivity contribution in [1.82, 2.24) is 19.4 Å². The Bertz CT molecular complexity index is 754. The molecule has 2 heterocycles. The lowest BCUT2D eigenvalue weighted by Crippen LogP contribution is -2.49. The molecule has 1 aromatic carbocycles. The van der Waals surface area contributed by atoms with Gasteiger partial charge in [-0.15, -0.1) is 0 Å². The Morgan fingerprint density at radius 3 is 2.64 bits per heavy atom. The second-order valence-corrected chi connectivity index (χ2v) is 6.16. The second-order valence-electron chi connectivity index (χ2n) is 6.16. The topological polar surface area (TPSA) is 50.6 Å². The van der Waals surface area contributed by atoms with Crippen molar-refractivity contribution in [3.05, 3.63) is 29.6 Å². The number of aromatic nitrogens is 2. The van der Waals surface area contributed by atoms with E-state index in [1.807, 2.05) is 0 Å². The number of nitrogens with zero attached hydrogens (tertiary/aromatic N) is 4. The molecule has 0 N–H and O–H groups in total. The number of imidazole rings is 1. The zero-order chi connectivity index (χ0) is 18.0. The van der Waals surface area contributed by atoms with Crippen LogP contribution in [0.15, 0.2) is 18.2 Å². The number of ether oxygens (including phenoxy) is 1. The first-order valence-electron chi connectivity index (χ1n) is 8.26. The van der Waals surface area contributed by atoms with Crippen molar-refractivity contribution in [2.45, 2.75) is 6.43 Å². The number of carbonyl (C=O) groups is 1. The predicted molar refractivity (Wildman–Crippen MR) is 89.9 cm³/mol. The summed E-state index contributed by atoms with van der Waals surface area (Å²) in [5, 5.41) is 0. The number of piperazine rings is 1. The fourth-order valence-electron chi connectivity index (χ4n) is 3.12. The maximum atomic E-state index is 13.0. The second kappa shape index (κ2) is 7.45. The molecule has 0 saturated carbocycles. The number of hydrogen-bond acceptors (Lipinski definition) is 4. The molecule has 6 nitrogen and oxygen atoms in total. The Labute approximate surface area is 145 Å². The van der Waals surface area contributed by atoms with Crippen LogP contribution in [0.4, 0.5) is 8.78 Å². The Morgan fingerprint density at radius 2 is 2.00 bits per heavy atom. The van der Waals surface area contributed by atoms with E-state index in [2.05, 4.69) is 9.88 Å². The van der Waals surface area contributed by atoms with Crippen molar-refractivity contribution >= 4 is 16.9 Å². The lowest BCUT2D eigenvalue weighted by Gasteiger charge is -2.34. The van der Waals surface area contributed by atoms with Gasteiger partial charge in [-0.3, -0.25) is 9.69 Å². The normalized spacial score (nSPS) is 16.1. The third-order valence-corrected chi connectivity index (χ3v) is 4.63. The fourth-order valence-corrected chi connectivity index (χ4v) is 3.12. The van der Waals surface area contributed by atoms with Crippen LogP contribution in [0.2, 0.25) is 0 Å². The summed E-state index contributed by atoms with van der Waals surface area (Å²) in [6.07, 6.45) is -2.64. The number of benzene rings is 1. The molecule has 1 aliphatic heterocycles. The average molecular weight is 352 g/mol. The van der Waals surface area contributed by atoms with Crippen molar-refractivity contribution in [2.24, 2.45) is 7.05 Å². The van der Waals surface area contributed by atoms with Gasteiger partial charge in [0.25, 0.3) is 12.3 Å². The van der Waals surface area contributed by atoms with Gasteiger partial charge < -0.3 is 14.2 Å². The number of rotatable bonds is 5. The average Bonchev–Trinajstić information content (AvgIpc) is 2.96. The zero-order valence-electron chi connectivity index (χ0n) is 14.4. The molecule has 2 aromatic rings. The van der Waals surface area contributed by atoms with E-state index in [4.69, 9.17) is 4.74 Å². The maximum absolute atomic E-state index is 13.0. The van der Waals surface area contributed by atoms with Crippen molar-refractivity contribution < 1.29 is 18.3 Å². The molecule has 0 unspecified atom stereocenters. The van der Waals surface area contributed by atoms with E-state index in [0.29, 0.717) is 36.3 Å². The smallest absolute Gasteiger partial charge is 0.295 e. The van der Waals surface area contributed by atoms with Crippen LogP contribution in [0.1, 0.15) is 22.6 Å². The molecule has 0 atom stereocenters. The van der Waals surface area contributed by atoms with Gasteiger partial charge in [-0.25, -0.2) is 13.8 Å². The third-order valence-electron chi connectivity index (χ3n) is 4.63. The minimum atomic E-state index is -2.64. The summed E-state index contributed by atoms with van der Waals surface area (Å²) in [4.78, 5) is 20.7. The van der Waals surface area contributed by atoms with Crippen LogP contribution in [0.25, 0.3) is 11.0 Å². The van der Waals surface area contributed by atoms with Gasteiger partial charge >= 0.3 is 0 Å². The Kier molecular flexibility index (Phi) is 5.29. The highest BCUT2D eigenvalue weighted by Crippen LogP contribution is 2.24. The number of alkyl halides is 2. The van der Waals surface area contributed by atoms with Crippen molar-refractivity contribution in [3.8, 4) is 0 Å². The Hall–Kier alpha value is -2.06. The van der Waals surface area contributed by atoms with Gasteiger partial charge in [-0.1, -0.05) is 0 Å². The van der Waals surface area contributed by atoms with Gasteiger partial charge in [0, 0.05) is 52.4 Å². The van der Waals surface area contributed by atoms with Crippen LogP contribution in [0, 0.1) is 0 Å². The maximum Gasteiger partial charge on any atom is 0.295 e. The molecule has 0 radical (unpaired) electrons. The number of methoxy groups -OCH3 is 1. The van der Waals surface area contributed by atoms with Crippen LogP contribution in [-0.4, -0.2) is 71.7 Å². The minimum absolute atomic E-state index is 0.0856. The molecule has 1 aliphatic rings. The van der Waals surface area contributed by atoms with E-state index in [9.17, 15) is 13.6 Å². The largest absolute Gasteiger partial charge is 0.383 e. The van der Waals surface area contributed by atoms with Crippen molar-refractivity contribution in [3.63, 3.8) is 0 Å². The summed E-state index contributed by atoms with van der Waals surface area (Å²) in [5.74, 6) is -0.371. The molecule has 1 fully saturated rings. The minimum Gasteiger partial charge on any atom is -0.383 e. The van der Waals surface area contributed by atoms with Crippen LogP contribution in [0.3, 0.4) is 0 Å². The van der Waals surface area contributed by atoms with Gasteiger partial charge in [0.05, 0.1) is 17.6 Å². The summed E-state index contributed by atoms with van der Waals surface area (Å²) >= 11 is 0. The summed E-state index contributed by atoms with van der Waals surface area (Å²) in [6.45, 7) is 4.43. The number of hydrogen-bond donors (Lipinski definition) is 0. The lowest BCUT2D eigenvalue weighted by molar-refractivity contribution is 0.0594. The molecule has 8 heteroatoms. The van der Waals surface area contributed by atoms with Gasteiger partial charge in [0.2, 0.25) is 0 Å². The summed E-state index contributed by atoms with van der Waals surface area (Å²) in [6, 6.07) is 4.95. The van der Waals surface area contributed by atoms with E-state index >= 15 is 0 Å². The lowest BCUT2D eigenvalue weighted by atomic mass is 10.1. The standard InChI is InChI=1S/C17H22F2N4O2/c1-21-14-4-3-12(11-13(14)20-16(21)15(18)19)17(24)23-7-5-22(6-8-23)9-10-25-2/h3-4,11,15H,5-10H2,1-2H3. The summed E-state index contributed by atoms with van der Waals surface area (Å²) < 4.78 is 32.4. The Morgan fingerprint density at radius 1 is 1.28 bits per heavy atom. The van der Waals surface area contributed by atoms with E-state index < -0.39 is 6.43 Å². The van der Waals surface area contributed by atoms with Crippen LogP contribution in [0.5, 0.6) is 0 Å². The SMILES string of the molecule is COCCN1CCN(C(=O)c2ccc3c(c2)nc(C(F)F)n3C)CC1. The first-order chi connectivity index (χ1) is 12.0. The first kappa shape index (κ1) is 17.8. The molecule has 136 valence electrons. The molecule has 1 aromatic heterocycles. The molecular formula is C17H22F2N4O2. The van der Waals surface area contributed by atoms with Crippen LogP contribution < -0.4 is 0 Å². The quantitative estimate of drug-likeness (QED) is 0.825. The van der Waals surface area contributed by atoms with Gasteiger partial charge in [-0.05, 0) is 18.2 Å². The van der Waals surface area contributed by atoms with E-state index in [0.717, 1.165) is 19.6 Å². The monoisotopic (exact) mass is 352 g/mol. The van der Waals surface area contributed by atoms with Gasteiger partial charge in [0.1, 0.15) is 0 Å². The zero-order valence-corrected chi connectivity index (χ0v) is 14.4. The van der Waals surface area contributed by atoms with E-state index in [-0.39, 0.29) is 11.7 Å². The number of fused-ring (bicyclic) bond motifs is 1. The third kappa shape index (κ3) is 3.64. The van der Waals surface area contributed by atoms with E-state index in [1.54, 1.807) is 37.3 Å². The predicted octanol–water partition coefficient (Wildman–Crippen LogP) is 1.92. The molecule has 0 aliphatic carbocycles. The summed E-state index contributed by atoms with van der Waals surface area (Å²) in [7, 11) is 3.23. The number of carbonyl (C=O) groups excluding carboxylic acids is 1. The molecule has 25 heavy (non-hydrogen) atoms. The van der Waals surface area contributed by atoms with Crippen molar-refractivity contribution in [1.29, 1.82) is 0 Å². The first-order valence-corrected chi connectivity index (χ1v) is 8.26. The highest BCUT2D eigenvalue weighted by molar-refractivity contribution is 5.97. The van der Waals surface area contributed by atoms with Crippen LogP contribution in [-0.2, 0) is 11.8 Å². The fraction of sp³-hybridized carbons (Fsp3) is 0.529. The Balaban J connectivity index is 1.72. The highest BCUT2D eigenvalue weighted by atomic mass is 19.3. The van der Waals surface area contributed by atoms with E-state index in [1.165, 1.54) is 4.57 Å². The molecule has 1 saturated heterocycles. The molecule has 1 amide bonds. The van der Waals surface area contributed by atoms with Gasteiger partial charge in [-0.2, -0.15) is 0 Å². The highest BCUT2D eigenvalue weighted by Gasteiger charge is 2.23. The molecule has 0 spiro atoms. The summed E-state index contributed by atoms with van der Waals surface area (Å²) in [5.41, 5.74) is 1.50. The van der Waals surface area contributed by atoms with Crippen LogP contribution >= 0.6 is 0 Å². The molecule has 3 rings (SSSR count). The molecule has 0 bridgehead atoms. The number of amides is 1. The number of aryl methyl sites for hydroxylation is 1.